The average Bonchev–Trinajstić information content (AvgIpc) is 3.07. The Hall–Kier alpha value is -2.05. The van der Waals surface area contributed by atoms with Gasteiger partial charge in [-0.1, -0.05) is 12.1 Å². The number of hydrogen-bond acceptors (Lipinski definition) is 4. The van der Waals surface area contributed by atoms with Crippen molar-refractivity contribution in [2.24, 2.45) is 5.73 Å². The number of carbonyl (C=O) groups is 2. The maximum Gasteiger partial charge on any atom is 0.227 e. The lowest BCUT2D eigenvalue weighted by molar-refractivity contribution is -0.134. The van der Waals surface area contributed by atoms with Gasteiger partial charge in [-0.15, -0.1) is 12.4 Å². The third-order valence-electron chi connectivity index (χ3n) is 5.54. The lowest BCUT2D eigenvalue weighted by Crippen LogP contribution is -2.50. The van der Waals surface area contributed by atoms with Crippen molar-refractivity contribution < 1.29 is 14.0 Å². The third kappa shape index (κ3) is 4.86. The summed E-state index contributed by atoms with van der Waals surface area (Å²) in [5.74, 6) is 0.0378. The lowest BCUT2D eigenvalue weighted by Gasteiger charge is -2.36. The monoisotopic (exact) mass is 407 g/mol. The first-order valence-corrected chi connectivity index (χ1v) is 9.73. The third-order valence-corrected chi connectivity index (χ3v) is 5.54. The lowest BCUT2D eigenvalue weighted by atomic mass is 9.99. The molecule has 2 amide bonds. The van der Waals surface area contributed by atoms with Crippen molar-refractivity contribution in [1.29, 1.82) is 0 Å². The van der Waals surface area contributed by atoms with E-state index in [1.165, 1.54) is 5.56 Å². The van der Waals surface area contributed by atoms with E-state index in [-0.39, 0.29) is 30.3 Å². The summed E-state index contributed by atoms with van der Waals surface area (Å²) in [6.07, 6.45) is 5.34. The Kier molecular flexibility index (Phi) is 7.89. The maximum atomic E-state index is 13.0. The topological polar surface area (TPSA) is 88.6 Å². The molecule has 0 spiro atoms. The van der Waals surface area contributed by atoms with Crippen LogP contribution in [-0.4, -0.2) is 42.4 Å². The van der Waals surface area contributed by atoms with Crippen molar-refractivity contribution in [2.75, 3.05) is 19.6 Å². The number of nitrogens with one attached hydrogen (secondary N) is 1. The maximum absolute atomic E-state index is 13.0. The average molecular weight is 408 g/mol. The number of furan rings is 1. The van der Waals surface area contributed by atoms with Crippen molar-refractivity contribution in [1.82, 2.24) is 10.2 Å². The molecule has 1 fully saturated rings. The van der Waals surface area contributed by atoms with Crippen molar-refractivity contribution in [3.8, 4) is 0 Å². The molecule has 0 aliphatic carbocycles. The van der Waals surface area contributed by atoms with Crippen molar-refractivity contribution in [2.45, 2.75) is 52.0 Å². The predicted molar refractivity (Wildman–Crippen MR) is 113 cm³/mol. The Balaban J connectivity index is 0.00000280. The Morgan fingerprint density at radius 1 is 1.29 bits per heavy atom. The van der Waals surface area contributed by atoms with Crippen LogP contribution in [0.25, 0.3) is 11.0 Å². The van der Waals surface area contributed by atoms with E-state index in [1.54, 1.807) is 6.26 Å². The molecule has 1 aromatic carbocycles. The highest BCUT2D eigenvalue weighted by Crippen LogP contribution is 2.27. The van der Waals surface area contributed by atoms with Crippen LogP contribution in [-0.2, 0) is 16.0 Å². The van der Waals surface area contributed by atoms with Gasteiger partial charge in [0.25, 0.3) is 0 Å². The summed E-state index contributed by atoms with van der Waals surface area (Å²) in [4.78, 5) is 26.6. The molecule has 2 aromatic rings. The standard InChI is InChI=1S/C21H29N3O3.ClH/c1-14-6-7-18-16(13-27-21(18)15(14)2)11-20(26)24-10-4-3-5-17(24)12-23-19(25)8-9-22;/h6-7,13,17H,3-5,8-12,22H2,1-2H3,(H,23,25);1H. The highest BCUT2D eigenvalue weighted by Gasteiger charge is 2.27. The molecule has 1 aromatic heterocycles. The molecule has 1 aliphatic rings. The SMILES string of the molecule is Cc1ccc2c(CC(=O)N3CCCCC3CNC(=O)CCN)coc2c1C.Cl. The summed E-state index contributed by atoms with van der Waals surface area (Å²) in [5, 5.41) is 3.92. The van der Waals surface area contributed by atoms with E-state index in [1.807, 2.05) is 17.9 Å². The van der Waals surface area contributed by atoms with Crippen LogP contribution in [0.2, 0.25) is 0 Å². The fourth-order valence-corrected chi connectivity index (χ4v) is 3.78. The number of likely N-dealkylation sites (tertiary alicyclic amines) is 1. The zero-order valence-electron chi connectivity index (χ0n) is 16.6. The number of hydrogen-bond donors (Lipinski definition) is 2. The number of nitrogens with zero attached hydrogens (tertiary/aromatic N) is 1. The summed E-state index contributed by atoms with van der Waals surface area (Å²) in [5.41, 5.74) is 9.50. The number of halogens is 1. The molecular weight excluding hydrogens is 378 g/mol. The molecular formula is C21H30ClN3O3. The summed E-state index contributed by atoms with van der Waals surface area (Å²) < 4.78 is 5.74. The van der Waals surface area contributed by atoms with Gasteiger partial charge in [0.15, 0.2) is 0 Å². The van der Waals surface area contributed by atoms with E-state index in [4.69, 9.17) is 10.2 Å². The minimum atomic E-state index is -0.0536. The van der Waals surface area contributed by atoms with Crippen LogP contribution < -0.4 is 11.1 Å². The van der Waals surface area contributed by atoms with Gasteiger partial charge >= 0.3 is 0 Å². The molecule has 6 nitrogen and oxygen atoms in total. The zero-order chi connectivity index (χ0) is 19.4. The van der Waals surface area contributed by atoms with Gasteiger partial charge in [-0.25, -0.2) is 0 Å². The van der Waals surface area contributed by atoms with Gasteiger partial charge in [-0.05, 0) is 44.2 Å². The summed E-state index contributed by atoms with van der Waals surface area (Å²) >= 11 is 0. The van der Waals surface area contributed by atoms with Crippen LogP contribution >= 0.6 is 12.4 Å². The number of benzene rings is 1. The first-order valence-electron chi connectivity index (χ1n) is 9.73. The molecule has 3 rings (SSSR count). The number of amides is 2. The van der Waals surface area contributed by atoms with E-state index in [9.17, 15) is 9.59 Å². The zero-order valence-corrected chi connectivity index (χ0v) is 17.4. The largest absolute Gasteiger partial charge is 0.464 e. The van der Waals surface area contributed by atoms with Gasteiger partial charge < -0.3 is 20.4 Å². The highest BCUT2D eigenvalue weighted by molar-refractivity contribution is 5.89. The Morgan fingerprint density at radius 3 is 2.82 bits per heavy atom. The minimum absolute atomic E-state index is 0. The van der Waals surface area contributed by atoms with Gasteiger partial charge in [0.2, 0.25) is 11.8 Å². The molecule has 0 bridgehead atoms. The molecule has 3 N–H and O–H groups in total. The first kappa shape index (κ1) is 22.2. The quantitative estimate of drug-likeness (QED) is 0.770. The minimum Gasteiger partial charge on any atom is -0.464 e. The number of carbonyl (C=O) groups excluding carboxylic acids is 2. The number of rotatable bonds is 6. The Labute approximate surface area is 172 Å². The molecule has 0 radical (unpaired) electrons. The predicted octanol–water partition coefficient (Wildman–Crippen LogP) is 2.86. The molecule has 154 valence electrons. The fraction of sp³-hybridized carbons (Fsp3) is 0.524. The van der Waals surface area contributed by atoms with E-state index < -0.39 is 0 Å². The highest BCUT2D eigenvalue weighted by atomic mass is 35.5. The second-order valence-corrected chi connectivity index (χ2v) is 7.40. The summed E-state index contributed by atoms with van der Waals surface area (Å²) in [6.45, 7) is 5.67. The number of aryl methyl sites for hydroxylation is 2. The smallest absolute Gasteiger partial charge is 0.227 e. The van der Waals surface area contributed by atoms with Gasteiger partial charge in [0.05, 0.1) is 12.7 Å². The van der Waals surface area contributed by atoms with Crippen LogP contribution in [0.4, 0.5) is 0 Å². The number of piperidine rings is 1. The van der Waals surface area contributed by atoms with Crippen LogP contribution in [0.15, 0.2) is 22.8 Å². The van der Waals surface area contributed by atoms with Gasteiger partial charge in [0, 0.05) is 43.0 Å². The molecule has 0 saturated carbocycles. The van der Waals surface area contributed by atoms with E-state index in [0.29, 0.717) is 25.9 Å². The van der Waals surface area contributed by atoms with Gasteiger partial charge in [-0.2, -0.15) is 0 Å². The number of nitrogens with two attached hydrogens (primary N) is 1. The van der Waals surface area contributed by atoms with Crippen molar-refractivity contribution >= 4 is 35.2 Å². The van der Waals surface area contributed by atoms with Crippen LogP contribution in [0, 0.1) is 13.8 Å². The summed E-state index contributed by atoms with van der Waals surface area (Å²) in [7, 11) is 0. The molecule has 1 saturated heterocycles. The summed E-state index contributed by atoms with van der Waals surface area (Å²) in [6, 6.07) is 4.15. The van der Waals surface area contributed by atoms with Gasteiger partial charge in [0.1, 0.15) is 5.58 Å². The number of fused-ring (bicyclic) bond motifs is 1. The molecule has 7 heteroatoms. The normalized spacial score (nSPS) is 16.7. The van der Waals surface area contributed by atoms with Crippen molar-refractivity contribution in [3.05, 3.63) is 35.1 Å². The van der Waals surface area contributed by atoms with Gasteiger partial charge in [-0.3, -0.25) is 9.59 Å². The second kappa shape index (κ2) is 9.94. The second-order valence-electron chi connectivity index (χ2n) is 7.40. The Bertz CT molecular complexity index is 834. The molecule has 1 unspecified atom stereocenters. The molecule has 28 heavy (non-hydrogen) atoms. The fourth-order valence-electron chi connectivity index (χ4n) is 3.78. The van der Waals surface area contributed by atoms with Crippen LogP contribution in [0.1, 0.15) is 42.4 Å². The first-order chi connectivity index (χ1) is 13.0. The van der Waals surface area contributed by atoms with E-state index in [0.717, 1.165) is 47.9 Å². The van der Waals surface area contributed by atoms with E-state index >= 15 is 0 Å². The van der Waals surface area contributed by atoms with Crippen molar-refractivity contribution in [3.63, 3.8) is 0 Å². The molecule has 2 heterocycles. The molecule has 1 atom stereocenters. The van der Waals surface area contributed by atoms with Crippen LogP contribution in [0.5, 0.6) is 0 Å². The van der Waals surface area contributed by atoms with E-state index in [2.05, 4.69) is 18.3 Å². The Morgan fingerprint density at radius 2 is 2.07 bits per heavy atom. The molecule has 1 aliphatic heterocycles. The van der Waals surface area contributed by atoms with Crippen LogP contribution in [0.3, 0.4) is 0 Å².